The lowest BCUT2D eigenvalue weighted by molar-refractivity contribution is -0.118. The average Bonchev–Trinajstić information content (AvgIpc) is 2.50. The molecule has 0 aliphatic heterocycles. The highest BCUT2D eigenvalue weighted by Gasteiger charge is 2.16. The van der Waals surface area contributed by atoms with Gasteiger partial charge in [-0.3, -0.25) is 15.1 Å². The smallest absolute Gasteiger partial charge is 0.348 e. The van der Waals surface area contributed by atoms with Crippen LogP contribution in [0.3, 0.4) is 0 Å². The van der Waals surface area contributed by atoms with Gasteiger partial charge in [-0.05, 0) is 25.0 Å². The van der Waals surface area contributed by atoms with E-state index in [1.54, 1.807) is 24.3 Å². The van der Waals surface area contributed by atoms with Gasteiger partial charge in [0.25, 0.3) is 0 Å². The predicted octanol–water partition coefficient (Wildman–Crippen LogP) is 1.65. The molecule has 0 atom stereocenters. The Bertz CT molecular complexity index is 754. The summed E-state index contributed by atoms with van der Waals surface area (Å²) in [4.78, 5) is 29.4. The van der Waals surface area contributed by atoms with E-state index in [0.717, 1.165) is 0 Å². The molecule has 116 valence electrons. The van der Waals surface area contributed by atoms with Crippen LogP contribution in [-0.4, -0.2) is 23.8 Å². The molecule has 0 saturated carbocycles. The molecule has 1 aromatic heterocycles. The Balaban J connectivity index is 2.09. The standard InChI is InChI=1S/C15H18N4O3/c1-19(13(20)9-5-4-8-12(16)17)15-18-11-7-3-2-6-10(11)14(21)22-15/h2-3,6-7H,4-5,8-9H2,1H3,(H3,16,17). The Morgan fingerprint density at radius 3 is 2.73 bits per heavy atom. The van der Waals surface area contributed by atoms with Crippen LogP contribution in [0, 0.1) is 5.41 Å². The van der Waals surface area contributed by atoms with E-state index in [2.05, 4.69) is 4.98 Å². The second-order valence-electron chi connectivity index (χ2n) is 4.99. The lowest BCUT2D eigenvalue weighted by atomic mass is 10.2. The van der Waals surface area contributed by atoms with Crippen molar-refractivity contribution in [2.45, 2.75) is 25.7 Å². The number of nitrogens with zero attached hydrogens (tertiary/aromatic N) is 2. The number of carbonyl (C=O) groups excluding carboxylic acids is 1. The van der Waals surface area contributed by atoms with Gasteiger partial charge in [0, 0.05) is 19.9 Å². The number of hydrogen-bond donors (Lipinski definition) is 2. The molecule has 7 heteroatoms. The Morgan fingerprint density at radius 2 is 2.00 bits per heavy atom. The van der Waals surface area contributed by atoms with E-state index in [4.69, 9.17) is 15.6 Å². The third-order valence-corrected chi connectivity index (χ3v) is 3.27. The summed E-state index contributed by atoms with van der Waals surface area (Å²) in [5.74, 6) is -0.0857. The summed E-state index contributed by atoms with van der Waals surface area (Å²) in [6.07, 6.45) is 2.03. The van der Waals surface area contributed by atoms with Gasteiger partial charge in [0.15, 0.2) is 0 Å². The molecular formula is C15H18N4O3. The molecule has 2 rings (SSSR count). The van der Waals surface area contributed by atoms with Crippen LogP contribution in [0.2, 0.25) is 0 Å². The van der Waals surface area contributed by atoms with Gasteiger partial charge in [-0.15, -0.1) is 0 Å². The van der Waals surface area contributed by atoms with E-state index in [1.165, 1.54) is 11.9 Å². The number of amides is 1. The van der Waals surface area contributed by atoms with Crippen LogP contribution in [0.1, 0.15) is 25.7 Å². The van der Waals surface area contributed by atoms with Gasteiger partial charge in [0.1, 0.15) is 0 Å². The van der Waals surface area contributed by atoms with E-state index in [-0.39, 0.29) is 24.2 Å². The molecule has 1 amide bonds. The average molecular weight is 302 g/mol. The fourth-order valence-corrected chi connectivity index (χ4v) is 2.02. The first-order valence-electron chi connectivity index (χ1n) is 6.98. The van der Waals surface area contributed by atoms with Crippen molar-refractivity contribution >= 4 is 28.7 Å². The quantitative estimate of drug-likeness (QED) is 0.478. The second kappa shape index (κ2) is 6.84. The molecule has 22 heavy (non-hydrogen) atoms. The molecule has 0 radical (unpaired) electrons. The van der Waals surface area contributed by atoms with Crippen LogP contribution in [-0.2, 0) is 4.79 Å². The zero-order chi connectivity index (χ0) is 16.1. The summed E-state index contributed by atoms with van der Waals surface area (Å²) in [5, 5.41) is 7.51. The Morgan fingerprint density at radius 1 is 1.32 bits per heavy atom. The number of rotatable bonds is 6. The molecule has 0 fully saturated rings. The van der Waals surface area contributed by atoms with E-state index < -0.39 is 5.63 Å². The summed E-state index contributed by atoms with van der Waals surface area (Å²) >= 11 is 0. The van der Waals surface area contributed by atoms with Crippen molar-refractivity contribution < 1.29 is 9.21 Å². The zero-order valence-electron chi connectivity index (χ0n) is 12.3. The molecule has 7 nitrogen and oxygen atoms in total. The number of benzene rings is 1. The van der Waals surface area contributed by atoms with Gasteiger partial charge >= 0.3 is 11.6 Å². The first kappa shape index (κ1) is 15.7. The van der Waals surface area contributed by atoms with Gasteiger partial charge in [-0.25, -0.2) is 4.79 Å². The number of hydrogen-bond acceptors (Lipinski definition) is 5. The maximum absolute atomic E-state index is 12.1. The molecule has 0 unspecified atom stereocenters. The van der Waals surface area contributed by atoms with Crippen LogP contribution < -0.4 is 16.3 Å². The number of aromatic nitrogens is 1. The maximum atomic E-state index is 12.1. The first-order valence-corrected chi connectivity index (χ1v) is 6.98. The van der Waals surface area contributed by atoms with Crippen LogP contribution in [0.25, 0.3) is 10.9 Å². The van der Waals surface area contributed by atoms with Crippen molar-refractivity contribution in [3.05, 3.63) is 34.7 Å². The van der Waals surface area contributed by atoms with Crippen molar-refractivity contribution in [3.8, 4) is 0 Å². The Labute approximate surface area is 127 Å². The third-order valence-electron chi connectivity index (χ3n) is 3.27. The molecule has 0 aliphatic carbocycles. The number of carbonyl (C=O) groups is 1. The van der Waals surface area contributed by atoms with Crippen molar-refractivity contribution in [2.75, 3.05) is 11.9 Å². The lowest BCUT2D eigenvalue weighted by Crippen LogP contribution is -2.28. The van der Waals surface area contributed by atoms with Gasteiger partial charge < -0.3 is 10.2 Å². The van der Waals surface area contributed by atoms with Crippen LogP contribution in [0.4, 0.5) is 6.01 Å². The Kier molecular flexibility index (Phi) is 4.88. The second-order valence-corrected chi connectivity index (χ2v) is 4.99. The molecule has 3 N–H and O–H groups in total. The van der Waals surface area contributed by atoms with Gasteiger partial charge in [-0.1, -0.05) is 12.1 Å². The minimum Gasteiger partial charge on any atom is -0.388 e. The monoisotopic (exact) mass is 302 g/mol. The molecule has 1 aromatic carbocycles. The van der Waals surface area contributed by atoms with Crippen molar-refractivity contribution in [1.82, 2.24) is 4.98 Å². The lowest BCUT2D eigenvalue weighted by Gasteiger charge is -2.14. The minimum atomic E-state index is -0.517. The number of anilines is 1. The summed E-state index contributed by atoms with van der Waals surface area (Å²) in [6.45, 7) is 0. The van der Waals surface area contributed by atoms with Gasteiger partial charge in [0.05, 0.1) is 16.7 Å². The maximum Gasteiger partial charge on any atom is 0.348 e. The number of para-hydroxylation sites is 1. The molecule has 2 aromatic rings. The highest BCUT2D eigenvalue weighted by molar-refractivity contribution is 5.91. The Hall–Kier alpha value is -2.70. The largest absolute Gasteiger partial charge is 0.388 e. The number of nitrogens with two attached hydrogens (primary N) is 1. The van der Waals surface area contributed by atoms with Crippen LogP contribution in [0.5, 0.6) is 0 Å². The summed E-state index contributed by atoms with van der Waals surface area (Å²) < 4.78 is 5.10. The predicted molar refractivity (Wildman–Crippen MR) is 84.1 cm³/mol. The fraction of sp³-hybridized carbons (Fsp3) is 0.333. The molecule has 0 bridgehead atoms. The van der Waals surface area contributed by atoms with E-state index >= 15 is 0 Å². The van der Waals surface area contributed by atoms with E-state index in [9.17, 15) is 9.59 Å². The molecule has 1 heterocycles. The van der Waals surface area contributed by atoms with Crippen molar-refractivity contribution in [1.29, 1.82) is 5.41 Å². The topological polar surface area (TPSA) is 113 Å². The van der Waals surface area contributed by atoms with Crippen molar-refractivity contribution in [2.24, 2.45) is 5.73 Å². The molecule has 0 aliphatic rings. The normalized spacial score (nSPS) is 10.6. The first-order chi connectivity index (χ1) is 10.5. The molecule has 0 spiro atoms. The fourth-order valence-electron chi connectivity index (χ4n) is 2.02. The summed E-state index contributed by atoms with van der Waals surface area (Å²) in [5.41, 5.74) is 5.23. The van der Waals surface area contributed by atoms with Crippen LogP contribution in [0.15, 0.2) is 33.5 Å². The zero-order valence-corrected chi connectivity index (χ0v) is 12.3. The van der Waals surface area contributed by atoms with E-state index in [1.807, 2.05) is 0 Å². The minimum absolute atomic E-state index is 0.0136. The molecular weight excluding hydrogens is 284 g/mol. The number of amidine groups is 1. The summed E-state index contributed by atoms with van der Waals surface area (Å²) in [6, 6.07) is 6.80. The van der Waals surface area contributed by atoms with E-state index in [0.29, 0.717) is 30.2 Å². The number of unbranched alkanes of at least 4 members (excludes halogenated alkanes) is 1. The highest BCUT2D eigenvalue weighted by Crippen LogP contribution is 2.14. The summed E-state index contributed by atoms with van der Waals surface area (Å²) in [7, 11) is 1.52. The number of nitrogens with one attached hydrogen (secondary N) is 1. The molecule has 0 saturated heterocycles. The highest BCUT2D eigenvalue weighted by atomic mass is 16.4. The number of fused-ring (bicyclic) bond motifs is 1. The van der Waals surface area contributed by atoms with Gasteiger partial charge in [0.2, 0.25) is 5.91 Å². The van der Waals surface area contributed by atoms with Gasteiger partial charge in [-0.2, -0.15) is 4.98 Å². The van der Waals surface area contributed by atoms with Crippen molar-refractivity contribution in [3.63, 3.8) is 0 Å². The third kappa shape index (κ3) is 3.69. The van der Waals surface area contributed by atoms with Crippen LogP contribution >= 0.6 is 0 Å². The SMILES string of the molecule is CN(C(=O)CCCCC(=N)N)c1nc2ccccc2c(=O)o1.